The molecule has 6 heteroatoms. The van der Waals surface area contributed by atoms with Crippen LogP contribution in [-0.2, 0) is 14.3 Å². The van der Waals surface area contributed by atoms with E-state index >= 15 is 0 Å². The average Bonchev–Trinajstić information content (AvgIpc) is 3.37. The van der Waals surface area contributed by atoms with Gasteiger partial charge in [-0.2, -0.15) is 0 Å². The third-order valence-electron chi connectivity index (χ3n) is 10.0. The zero-order valence-electron chi connectivity index (χ0n) is 19.2. The van der Waals surface area contributed by atoms with Crippen molar-refractivity contribution in [2.24, 2.45) is 34.5 Å². The highest BCUT2D eigenvalue weighted by Crippen LogP contribution is 2.65. The predicted molar refractivity (Wildman–Crippen MR) is 116 cm³/mol. The van der Waals surface area contributed by atoms with Crippen LogP contribution in [0.2, 0.25) is 0 Å². The molecule has 4 fully saturated rings. The van der Waals surface area contributed by atoms with Gasteiger partial charge in [-0.25, -0.2) is 4.39 Å². The smallest absolute Gasteiger partial charge is 0.282 e. The minimum absolute atomic E-state index is 0.0175. The van der Waals surface area contributed by atoms with E-state index in [1.807, 2.05) is 0 Å². The van der Waals surface area contributed by atoms with Crippen molar-refractivity contribution >= 4 is 11.8 Å². The lowest BCUT2D eigenvalue weighted by Crippen LogP contribution is -2.60. The molecule has 8 atom stereocenters. The molecule has 5 aliphatic rings. The molecule has 2 heterocycles. The molecule has 1 N–H and O–H groups in total. The second-order valence-electron chi connectivity index (χ2n) is 11.3. The molecule has 0 radical (unpaired) electrons. The number of rotatable bonds is 3. The maximum atomic E-state index is 14.5. The highest BCUT2D eigenvalue weighted by Gasteiger charge is 2.62. The van der Waals surface area contributed by atoms with E-state index in [1.54, 1.807) is 18.0 Å². The van der Waals surface area contributed by atoms with Crippen LogP contribution in [0.3, 0.4) is 0 Å². The van der Waals surface area contributed by atoms with E-state index in [2.05, 4.69) is 19.2 Å². The summed E-state index contributed by atoms with van der Waals surface area (Å²) in [6.45, 7) is 5.94. The van der Waals surface area contributed by atoms with Gasteiger partial charge in [-0.05, 0) is 80.6 Å². The van der Waals surface area contributed by atoms with Gasteiger partial charge in [0.2, 0.25) is 5.91 Å². The summed E-state index contributed by atoms with van der Waals surface area (Å²) < 4.78 is 20.2. The molecule has 1 saturated heterocycles. The van der Waals surface area contributed by atoms with Crippen LogP contribution in [0.5, 0.6) is 0 Å². The van der Waals surface area contributed by atoms with Crippen molar-refractivity contribution in [3.8, 4) is 0 Å². The minimum Gasteiger partial charge on any atom is -0.376 e. The fourth-order valence-electron chi connectivity index (χ4n) is 8.40. The molecule has 2 amide bonds. The Bertz CT molecular complexity index is 794. The number of nitrogens with one attached hydrogen (secondary N) is 1. The molecule has 31 heavy (non-hydrogen) atoms. The molecule has 0 aromatic rings. The van der Waals surface area contributed by atoms with Crippen LogP contribution < -0.4 is 5.32 Å². The SMILES string of the molecule is CN1C(=O)C(F)=C[C@]2(C)[C@H]3CC[C@]4(C)[C@@H](C(=O)NC[C@@H]5CCCO5)CC[C@H]4[C@@H]3CC[C@@H]12. The van der Waals surface area contributed by atoms with Gasteiger partial charge in [0.15, 0.2) is 5.83 Å². The van der Waals surface area contributed by atoms with Gasteiger partial charge in [-0.1, -0.05) is 13.8 Å². The molecule has 0 bridgehead atoms. The Morgan fingerprint density at radius 2 is 2.00 bits per heavy atom. The van der Waals surface area contributed by atoms with Crippen molar-refractivity contribution in [1.82, 2.24) is 10.2 Å². The number of likely N-dealkylation sites (N-methyl/N-ethyl adjacent to an activating group) is 1. The molecular formula is C25H37FN2O3. The average molecular weight is 433 g/mol. The Hall–Kier alpha value is -1.43. The Labute approximate surface area is 185 Å². The van der Waals surface area contributed by atoms with Crippen LogP contribution in [0, 0.1) is 34.5 Å². The fraction of sp³-hybridized carbons (Fsp3) is 0.840. The number of hydrogen-bond acceptors (Lipinski definition) is 3. The van der Waals surface area contributed by atoms with E-state index in [-0.39, 0.29) is 34.8 Å². The number of fused-ring (bicyclic) bond motifs is 5. The molecule has 3 aliphatic carbocycles. The molecule has 5 rings (SSSR count). The summed E-state index contributed by atoms with van der Waals surface area (Å²) in [5, 5.41) is 3.20. The number of carbonyl (C=O) groups excluding carboxylic acids is 2. The molecular weight excluding hydrogens is 395 g/mol. The lowest BCUT2D eigenvalue weighted by molar-refractivity contribution is -0.145. The lowest BCUT2D eigenvalue weighted by Gasteiger charge is -2.60. The Morgan fingerprint density at radius 1 is 1.19 bits per heavy atom. The quantitative estimate of drug-likeness (QED) is 0.737. The van der Waals surface area contributed by atoms with Crippen LogP contribution in [0.4, 0.5) is 4.39 Å². The Kier molecular flexibility index (Phi) is 5.23. The molecule has 0 spiro atoms. The first kappa shape index (κ1) is 21.4. The molecule has 0 aromatic carbocycles. The van der Waals surface area contributed by atoms with Crippen LogP contribution >= 0.6 is 0 Å². The van der Waals surface area contributed by atoms with Gasteiger partial charge in [-0.15, -0.1) is 0 Å². The van der Waals surface area contributed by atoms with Crippen molar-refractivity contribution in [1.29, 1.82) is 0 Å². The third-order valence-corrected chi connectivity index (χ3v) is 10.0. The van der Waals surface area contributed by atoms with E-state index in [9.17, 15) is 14.0 Å². The number of halogens is 1. The van der Waals surface area contributed by atoms with Crippen LogP contribution in [0.15, 0.2) is 11.9 Å². The zero-order chi connectivity index (χ0) is 22.0. The summed E-state index contributed by atoms with van der Waals surface area (Å²) in [4.78, 5) is 27.0. The van der Waals surface area contributed by atoms with E-state index in [0.29, 0.717) is 24.3 Å². The first-order valence-electron chi connectivity index (χ1n) is 12.3. The first-order valence-corrected chi connectivity index (χ1v) is 12.3. The number of hydrogen-bond donors (Lipinski definition) is 1. The molecule has 0 unspecified atom stereocenters. The Balaban J connectivity index is 1.34. The molecule has 3 saturated carbocycles. The highest BCUT2D eigenvalue weighted by atomic mass is 19.1. The van der Waals surface area contributed by atoms with Gasteiger partial charge in [0.1, 0.15) is 0 Å². The predicted octanol–water partition coefficient (Wildman–Crippen LogP) is 3.83. The van der Waals surface area contributed by atoms with Crippen molar-refractivity contribution in [3.05, 3.63) is 11.9 Å². The molecule has 0 aromatic heterocycles. The van der Waals surface area contributed by atoms with E-state index in [4.69, 9.17) is 4.74 Å². The Morgan fingerprint density at radius 3 is 2.74 bits per heavy atom. The summed E-state index contributed by atoms with van der Waals surface area (Å²) >= 11 is 0. The lowest BCUT2D eigenvalue weighted by atomic mass is 9.47. The van der Waals surface area contributed by atoms with Crippen LogP contribution in [-0.4, -0.2) is 49.1 Å². The van der Waals surface area contributed by atoms with Gasteiger partial charge in [0.25, 0.3) is 5.91 Å². The van der Waals surface area contributed by atoms with E-state index in [0.717, 1.165) is 58.0 Å². The second-order valence-corrected chi connectivity index (χ2v) is 11.3. The molecule has 2 aliphatic heterocycles. The third kappa shape index (κ3) is 3.19. The summed E-state index contributed by atoms with van der Waals surface area (Å²) in [5.74, 6) is 0.586. The summed E-state index contributed by atoms with van der Waals surface area (Å²) in [7, 11) is 1.76. The zero-order valence-corrected chi connectivity index (χ0v) is 19.2. The minimum atomic E-state index is -0.590. The van der Waals surface area contributed by atoms with Crippen molar-refractivity contribution in [2.75, 3.05) is 20.2 Å². The summed E-state index contributed by atoms with van der Waals surface area (Å²) in [6, 6.07) is 0.0806. The molecule has 5 nitrogen and oxygen atoms in total. The van der Waals surface area contributed by atoms with Gasteiger partial charge in [0, 0.05) is 37.6 Å². The van der Waals surface area contributed by atoms with Crippen molar-refractivity contribution < 1.29 is 18.7 Å². The normalized spacial score (nSPS) is 46.8. The topological polar surface area (TPSA) is 58.6 Å². The number of carbonyl (C=O) groups is 2. The van der Waals surface area contributed by atoms with Crippen molar-refractivity contribution in [3.63, 3.8) is 0 Å². The summed E-state index contributed by atoms with van der Waals surface area (Å²) in [6.07, 6.45) is 9.99. The maximum Gasteiger partial charge on any atom is 0.282 e. The fourth-order valence-corrected chi connectivity index (χ4v) is 8.40. The largest absolute Gasteiger partial charge is 0.376 e. The maximum absolute atomic E-state index is 14.5. The van der Waals surface area contributed by atoms with Crippen LogP contribution in [0.25, 0.3) is 0 Å². The molecule has 172 valence electrons. The van der Waals surface area contributed by atoms with Crippen LogP contribution in [0.1, 0.15) is 65.2 Å². The second kappa shape index (κ2) is 7.57. The van der Waals surface area contributed by atoms with Gasteiger partial charge in [-0.3, -0.25) is 9.59 Å². The number of ether oxygens (including phenoxy) is 1. The van der Waals surface area contributed by atoms with Crippen molar-refractivity contribution in [2.45, 2.75) is 77.4 Å². The van der Waals surface area contributed by atoms with Gasteiger partial charge >= 0.3 is 0 Å². The van der Waals surface area contributed by atoms with Gasteiger partial charge in [0.05, 0.1) is 6.10 Å². The summed E-state index contributed by atoms with van der Waals surface area (Å²) in [5.41, 5.74) is -0.291. The number of amides is 2. The standard InChI is InChI=1S/C25H37FN2O3/c1-24-11-10-18-16(6-9-21-25(18,2)13-20(26)23(30)28(21)3)17(24)7-8-19(24)22(29)27-14-15-5-4-12-31-15/h13,15-19,21H,4-12,14H2,1-3H3,(H,27,29)/t15-,16-,17-,18-,19+,21+,24-,25+/m0/s1. The number of nitrogens with zero attached hydrogens (tertiary/aromatic N) is 1. The van der Waals surface area contributed by atoms with E-state index in [1.165, 1.54) is 0 Å². The van der Waals surface area contributed by atoms with E-state index < -0.39 is 11.7 Å². The van der Waals surface area contributed by atoms with Gasteiger partial charge < -0.3 is 15.0 Å². The first-order chi connectivity index (χ1) is 14.8. The monoisotopic (exact) mass is 432 g/mol. The highest BCUT2D eigenvalue weighted by molar-refractivity contribution is 5.92.